The Hall–Kier alpha value is -3.59. The fourth-order valence-electron chi connectivity index (χ4n) is 4.37. The number of thioether (sulfide) groups is 1. The van der Waals surface area contributed by atoms with Crippen molar-refractivity contribution in [3.8, 4) is 5.75 Å². The van der Waals surface area contributed by atoms with Gasteiger partial charge in [-0.1, -0.05) is 42.1 Å². The van der Waals surface area contributed by atoms with Crippen LogP contribution >= 0.6 is 11.8 Å². The van der Waals surface area contributed by atoms with Gasteiger partial charge in [0.1, 0.15) is 11.8 Å². The molecular weight excluding hydrogens is 452 g/mol. The Morgan fingerprint density at radius 2 is 2.00 bits per heavy atom. The molecule has 2 heterocycles. The Morgan fingerprint density at radius 1 is 1.21 bits per heavy atom. The molecule has 2 N–H and O–H groups in total. The maximum Gasteiger partial charge on any atom is 0.335 e. The zero-order valence-electron chi connectivity index (χ0n) is 18.7. The van der Waals surface area contributed by atoms with E-state index in [0.29, 0.717) is 29.9 Å². The van der Waals surface area contributed by atoms with Crippen molar-refractivity contribution < 1.29 is 19.4 Å². The highest BCUT2D eigenvalue weighted by Gasteiger charge is 2.38. The second-order valence-electron chi connectivity index (χ2n) is 8.12. The molecule has 0 bridgehead atoms. The van der Waals surface area contributed by atoms with Gasteiger partial charge in [0.25, 0.3) is 0 Å². The van der Waals surface area contributed by atoms with Crippen molar-refractivity contribution in [1.29, 1.82) is 0 Å². The van der Waals surface area contributed by atoms with E-state index in [1.807, 2.05) is 31.2 Å². The standard InChI is InChI=1S/C25H24N4O4S/c1-2-33-20-9-4-3-6-17(20)22-21-18(7-5-8-19(21)30)26-24-27-25(28-29(22)24)34-14-15-10-12-16(13-11-15)23(31)32/h3-4,6,9-13,22H,2,5,7-8,14H2,1H3,(H,31,32)(H,26,27,28). The zero-order valence-corrected chi connectivity index (χ0v) is 19.5. The number of aromatic carboxylic acids is 1. The first-order valence-electron chi connectivity index (χ1n) is 11.2. The number of nitrogens with one attached hydrogen (secondary N) is 1. The van der Waals surface area contributed by atoms with Gasteiger partial charge in [0.15, 0.2) is 5.78 Å². The van der Waals surface area contributed by atoms with Gasteiger partial charge >= 0.3 is 5.97 Å². The first kappa shape index (κ1) is 22.2. The summed E-state index contributed by atoms with van der Waals surface area (Å²) in [5.74, 6) is 1.11. The third-order valence-corrected chi connectivity index (χ3v) is 6.84. The van der Waals surface area contributed by atoms with Crippen LogP contribution in [0.2, 0.25) is 0 Å². The van der Waals surface area contributed by atoms with Crippen molar-refractivity contribution in [2.24, 2.45) is 0 Å². The minimum atomic E-state index is -0.946. The molecule has 9 heteroatoms. The number of carbonyl (C=O) groups excluding carboxylic acids is 1. The topological polar surface area (TPSA) is 106 Å². The molecule has 5 rings (SSSR count). The number of anilines is 1. The Balaban J connectivity index is 1.48. The van der Waals surface area contributed by atoms with Crippen molar-refractivity contribution in [2.75, 3.05) is 11.9 Å². The van der Waals surface area contributed by atoms with Crippen LogP contribution in [-0.2, 0) is 10.5 Å². The summed E-state index contributed by atoms with van der Waals surface area (Å²) in [7, 11) is 0. The number of allylic oxidation sites excluding steroid dienone is 2. The van der Waals surface area contributed by atoms with Crippen molar-refractivity contribution in [1.82, 2.24) is 14.8 Å². The number of carboxylic acids is 1. The quantitative estimate of drug-likeness (QED) is 0.473. The van der Waals surface area contributed by atoms with Crippen LogP contribution in [0.4, 0.5) is 5.95 Å². The molecule has 1 aliphatic carbocycles. The summed E-state index contributed by atoms with van der Waals surface area (Å²) in [5.41, 5.74) is 3.76. The zero-order chi connectivity index (χ0) is 23.7. The van der Waals surface area contributed by atoms with Gasteiger partial charge in [-0.15, -0.1) is 5.10 Å². The lowest BCUT2D eigenvalue weighted by molar-refractivity contribution is -0.116. The normalized spacial score (nSPS) is 17.1. The second kappa shape index (κ2) is 9.34. The van der Waals surface area contributed by atoms with E-state index in [1.165, 1.54) is 11.8 Å². The highest BCUT2D eigenvalue weighted by Crippen LogP contribution is 2.43. The van der Waals surface area contributed by atoms with Crippen LogP contribution < -0.4 is 10.1 Å². The summed E-state index contributed by atoms with van der Waals surface area (Å²) in [6.07, 6.45) is 2.12. The minimum Gasteiger partial charge on any atom is -0.494 e. The van der Waals surface area contributed by atoms with Gasteiger partial charge in [0, 0.05) is 29.0 Å². The van der Waals surface area contributed by atoms with Gasteiger partial charge in [0.2, 0.25) is 11.1 Å². The van der Waals surface area contributed by atoms with Gasteiger partial charge in [-0.2, -0.15) is 4.98 Å². The van der Waals surface area contributed by atoms with Crippen LogP contribution in [0.5, 0.6) is 5.75 Å². The van der Waals surface area contributed by atoms with Crippen LogP contribution in [0, 0.1) is 0 Å². The van der Waals surface area contributed by atoms with E-state index >= 15 is 0 Å². The lowest BCUT2D eigenvalue weighted by Gasteiger charge is -2.32. The number of hydrogen-bond donors (Lipinski definition) is 2. The van der Waals surface area contributed by atoms with Gasteiger partial charge in [-0.05, 0) is 43.5 Å². The van der Waals surface area contributed by atoms with Gasteiger partial charge in [-0.3, -0.25) is 4.79 Å². The summed E-state index contributed by atoms with van der Waals surface area (Å²) in [6.45, 7) is 2.46. The van der Waals surface area contributed by atoms with Crippen LogP contribution in [-0.4, -0.2) is 38.2 Å². The summed E-state index contributed by atoms with van der Waals surface area (Å²) in [5, 5.41) is 17.8. The highest BCUT2D eigenvalue weighted by atomic mass is 32.2. The number of carboxylic acid groups (broad SMARTS) is 1. The number of ketones is 1. The van der Waals surface area contributed by atoms with Gasteiger partial charge in [-0.25, -0.2) is 9.48 Å². The lowest BCUT2D eigenvalue weighted by atomic mass is 9.85. The Morgan fingerprint density at radius 3 is 2.76 bits per heavy atom. The number of benzene rings is 2. The summed E-state index contributed by atoms with van der Waals surface area (Å²) >= 11 is 1.46. The molecule has 1 aromatic heterocycles. The monoisotopic (exact) mass is 476 g/mol. The number of fused-ring (bicyclic) bond motifs is 1. The third kappa shape index (κ3) is 4.19. The largest absolute Gasteiger partial charge is 0.494 e. The predicted octanol–water partition coefficient (Wildman–Crippen LogP) is 4.69. The minimum absolute atomic E-state index is 0.124. The van der Waals surface area contributed by atoms with E-state index < -0.39 is 12.0 Å². The number of carbonyl (C=O) groups is 2. The molecule has 174 valence electrons. The lowest BCUT2D eigenvalue weighted by Crippen LogP contribution is -2.31. The molecule has 1 aliphatic heterocycles. The van der Waals surface area contributed by atoms with Crippen LogP contribution in [0.25, 0.3) is 0 Å². The predicted molar refractivity (Wildman–Crippen MR) is 128 cm³/mol. The molecule has 1 atom stereocenters. The van der Waals surface area contributed by atoms with Gasteiger partial charge < -0.3 is 15.2 Å². The van der Waals surface area contributed by atoms with E-state index in [9.17, 15) is 9.59 Å². The molecule has 0 fully saturated rings. The molecular formula is C25H24N4O4S. The number of Topliss-reactive ketones (excluding diaryl/α,β-unsaturated/α-hetero) is 1. The molecule has 2 aromatic carbocycles. The molecule has 34 heavy (non-hydrogen) atoms. The highest BCUT2D eigenvalue weighted by molar-refractivity contribution is 7.98. The number of nitrogens with zero attached hydrogens (tertiary/aromatic N) is 3. The van der Waals surface area contributed by atoms with E-state index in [1.54, 1.807) is 28.9 Å². The van der Waals surface area contributed by atoms with E-state index in [-0.39, 0.29) is 11.3 Å². The molecule has 0 saturated heterocycles. The SMILES string of the molecule is CCOc1ccccc1C1C2=C(CCCC2=O)Nc2nc(SCc3ccc(C(=O)O)cc3)nn21. The number of aromatic nitrogens is 3. The molecule has 8 nitrogen and oxygen atoms in total. The maximum atomic E-state index is 13.0. The van der Waals surface area contributed by atoms with Gasteiger partial charge in [0.05, 0.1) is 12.2 Å². The van der Waals surface area contributed by atoms with E-state index in [2.05, 4.69) is 5.32 Å². The van der Waals surface area contributed by atoms with Crippen molar-refractivity contribution in [3.63, 3.8) is 0 Å². The van der Waals surface area contributed by atoms with Crippen LogP contribution in [0.3, 0.4) is 0 Å². The fraction of sp³-hybridized carbons (Fsp3) is 0.280. The fourth-order valence-corrected chi connectivity index (χ4v) is 5.16. The molecule has 0 radical (unpaired) electrons. The van der Waals surface area contributed by atoms with Crippen LogP contribution in [0.15, 0.2) is 65.0 Å². The maximum absolute atomic E-state index is 13.0. The molecule has 0 amide bonds. The summed E-state index contributed by atoms with van der Waals surface area (Å²) in [6, 6.07) is 14.1. The van der Waals surface area contributed by atoms with E-state index in [4.69, 9.17) is 19.9 Å². The van der Waals surface area contributed by atoms with Crippen molar-refractivity contribution >= 4 is 29.5 Å². The van der Waals surface area contributed by atoms with E-state index in [0.717, 1.165) is 41.0 Å². The first-order chi connectivity index (χ1) is 16.5. The molecule has 3 aromatic rings. The third-order valence-electron chi connectivity index (χ3n) is 5.93. The molecule has 0 spiro atoms. The number of hydrogen-bond acceptors (Lipinski definition) is 7. The number of para-hydroxylation sites is 1. The molecule has 2 aliphatic rings. The smallest absolute Gasteiger partial charge is 0.335 e. The number of ether oxygens (including phenoxy) is 1. The Labute approximate surface area is 201 Å². The number of rotatable bonds is 7. The summed E-state index contributed by atoms with van der Waals surface area (Å²) in [4.78, 5) is 28.8. The summed E-state index contributed by atoms with van der Waals surface area (Å²) < 4.78 is 7.68. The Kier molecular flexibility index (Phi) is 6.10. The Bertz CT molecular complexity index is 1280. The second-order valence-corrected chi connectivity index (χ2v) is 9.06. The average Bonchev–Trinajstić information content (AvgIpc) is 3.25. The molecule has 0 saturated carbocycles. The van der Waals surface area contributed by atoms with Crippen molar-refractivity contribution in [2.45, 2.75) is 43.1 Å². The molecule has 1 unspecified atom stereocenters. The van der Waals surface area contributed by atoms with Crippen molar-refractivity contribution in [3.05, 3.63) is 76.5 Å². The average molecular weight is 477 g/mol. The first-order valence-corrected chi connectivity index (χ1v) is 12.2. The van der Waals surface area contributed by atoms with Crippen LogP contribution in [0.1, 0.15) is 53.7 Å².